The van der Waals surface area contributed by atoms with Gasteiger partial charge in [-0.1, -0.05) is 29.5 Å². The van der Waals surface area contributed by atoms with Crippen LogP contribution in [0.5, 0.6) is 11.5 Å². The Balaban J connectivity index is 1.18. The summed E-state index contributed by atoms with van der Waals surface area (Å²) in [5, 5.41) is 21.0. The number of nitrogens with one attached hydrogen (secondary N) is 1. The van der Waals surface area contributed by atoms with Crippen LogP contribution in [0.4, 0.5) is 0 Å². The lowest BCUT2D eigenvalue weighted by molar-refractivity contribution is 0.0506. The highest BCUT2D eigenvalue weighted by molar-refractivity contribution is 5.80. The van der Waals surface area contributed by atoms with Crippen LogP contribution in [0.1, 0.15) is 12.8 Å². The quantitative estimate of drug-likeness (QED) is 0.623. The van der Waals surface area contributed by atoms with Crippen LogP contribution in [0.2, 0.25) is 0 Å². The van der Waals surface area contributed by atoms with E-state index in [-0.39, 0.29) is 6.61 Å². The Morgan fingerprint density at radius 3 is 2.71 bits per heavy atom. The predicted molar refractivity (Wildman–Crippen MR) is 106 cm³/mol. The standard InChI is InChI=1S/C21H26N4O3/c26-17(15-28-20-8-4-7-19-21(20)23-24-22-19)13-25-11-9-16(10-12-25)14-27-18-5-2-1-3-6-18/h1-8,16-17,26H,9-15H2,(H,22,23,24). The third-order valence-corrected chi connectivity index (χ3v) is 5.16. The highest BCUT2D eigenvalue weighted by Gasteiger charge is 2.22. The number of likely N-dealkylation sites (tertiary alicyclic amines) is 1. The van der Waals surface area contributed by atoms with Crippen LogP contribution in [0, 0.1) is 5.92 Å². The average molecular weight is 382 g/mol. The van der Waals surface area contributed by atoms with Crippen molar-refractivity contribution in [3.63, 3.8) is 0 Å². The van der Waals surface area contributed by atoms with Crippen molar-refractivity contribution in [2.45, 2.75) is 18.9 Å². The van der Waals surface area contributed by atoms with Crippen molar-refractivity contribution in [1.82, 2.24) is 20.3 Å². The highest BCUT2D eigenvalue weighted by Crippen LogP contribution is 2.22. The molecule has 7 heteroatoms. The Bertz CT molecular complexity index is 862. The molecule has 148 valence electrons. The van der Waals surface area contributed by atoms with Crippen LogP contribution in [-0.4, -0.2) is 64.4 Å². The Hall–Kier alpha value is -2.64. The molecule has 7 nitrogen and oxygen atoms in total. The summed E-state index contributed by atoms with van der Waals surface area (Å²) in [7, 11) is 0. The number of benzene rings is 2. The van der Waals surface area contributed by atoms with Gasteiger partial charge in [0.1, 0.15) is 24.2 Å². The molecule has 1 atom stereocenters. The van der Waals surface area contributed by atoms with E-state index in [2.05, 4.69) is 20.3 Å². The van der Waals surface area contributed by atoms with Gasteiger partial charge in [0.25, 0.3) is 0 Å². The van der Waals surface area contributed by atoms with E-state index in [4.69, 9.17) is 9.47 Å². The van der Waals surface area contributed by atoms with E-state index in [1.54, 1.807) is 0 Å². The van der Waals surface area contributed by atoms with Crippen molar-refractivity contribution >= 4 is 11.0 Å². The van der Waals surface area contributed by atoms with E-state index in [9.17, 15) is 5.11 Å². The second-order valence-corrected chi connectivity index (χ2v) is 7.30. The van der Waals surface area contributed by atoms with Gasteiger partial charge in [0.15, 0.2) is 5.52 Å². The van der Waals surface area contributed by atoms with Gasteiger partial charge in [-0.2, -0.15) is 0 Å². The number of hydrogen-bond acceptors (Lipinski definition) is 6. The molecule has 0 bridgehead atoms. The fraction of sp³-hybridized carbons (Fsp3) is 0.429. The maximum absolute atomic E-state index is 10.4. The van der Waals surface area contributed by atoms with Gasteiger partial charge < -0.3 is 19.5 Å². The van der Waals surface area contributed by atoms with Crippen LogP contribution in [-0.2, 0) is 0 Å². The van der Waals surface area contributed by atoms with Crippen LogP contribution in [0.3, 0.4) is 0 Å². The molecule has 1 saturated heterocycles. The Labute approximate surface area is 164 Å². The topological polar surface area (TPSA) is 83.5 Å². The predicted octanol–water partition coefficient (Wildman–Crippen LogP) is 2.49. The number of para-hydroxylation sites is 1. The monoisotopic (exact) mass is 382 g/mol. The van der Waals surface area contributed by atoms with Gasteiger partial charge in [0.2, 0.25) is 0 Å². The Kier molecular flexibility index (Phi) is 6.04. The number of rotatable bonds is 8. The SMILES string of the molecule is OC(COc1cccc2[nH]nnc12)CN1CCC(COc2ccccc2)CC1. The molecule has 1 aliphatic heterocycles. The molecule has 1 unspecified atom stereocenters. The minimum Gasteiger partial charge on any atom is -0.493 e. The molecule has 0 spiro atoms. The van der Waals surface area contributed by atoms with Crippen molar-refractivity contribution in [2.75, 3.05) is 32.8 Å². The van der Waals surface area contributed by atoms with E-state index in [0.29, 0.717) is 23.7 Å². The average Bonchev–Trinajstić information content (AvgIpc) is 3.22. The van der Waals surface area contributed by atoms with Crippen LogP contribution < -0.4 is 9.47 Å². The third kappa shape index (κ3) is 4.79. The molecule has 0 saturated carbocycles. The molecule has 3 aromatic rings. The number of aromatic amines is 1. The number of aliphatic hydroxyl groups is 1. The Morgan fingerprint density at radius 2 is 1.89 bits per heavy atom. The van der Waals surface area contributed by atoms with Crippen molar-refractivity contribution in [2.24, 2.45) is 5.92 Å². The number of fused-ring (bicyclic) bond motifs is 1. The molecule has 1 aromatic heterocycles. The van der Waals surface area contributed by atoms with Crippen LogP contribution in [0.25, 0.3) is 11.0 Å². The minimum atomic E-state index is -0.542. The number of aliphatic hydroxyl groups excluding tert-OH is 1. The first-order valence-corrected chi connectivity index (χ1v) is 9.79. The molecule has 2 aromatic carbocycles. The highest BCUT2D eigenvalue weighted by atomic mass is 16.5. The van der Waals surface area contributed by atoms with Crippen LogP contribution >= 0.6 is 0 Å². The summed E-state index contributed by atoms with van der Waals surface area (Å²) in [6.45, 7) is 3.55. The second kappa shape index (κ2) is 9.03. The zero-order chi connectivity index (χ0) is 19.2. The fourth-order valence-electron chi connectivity index (χ4n) is 3.56. The summed E-state index contributed by atoms with van der Waals surface area (Å²) in [6, 6.07) is 15.6. The lowest BCUT2D eigenvalue weighted by atomic mass is 9.97. The summed E-state index contributed by atoms with van der Waals surface area (Å²) < 4.78 is 11.6. The second-order valence-electron chi connectivity index (χ2n) is 7.30. The molecule has 1 aliphatic rings. The molecule has 2 heterocycles. The zero-order valence-corrected chi connectivity index (χ0v) is 15.8. The van der Waals surface area contributed by atoms with Crippen molar-refractivity contribution in [3.05, 3.63) is 48.5 Å². The number of piperidine rings is 1. The maximum atomic E-state index is 10.4. The largest absolute Gasteiger partial charge is 0.493 e. The van der Waals surface area contributed by atoms with Gasteiger partial charge >= 0.3 is 0 Å². The number of β-amino-alcohol motifs (C(OH)–C–C–N with tert-alkyl or cyclic N) is 1. The van der Waals surface area contributed by atoms with E-state index >= 15 is 0 Å². The molecule has 4 rings (SSSR count). The molecule has 2 N–H and O–H groups in total. The van der Waals surface area contributed by atoms with Crippen molar-refractivity contribution in [3.8, 4) is 11.5 Å². The number of hydrogen-bond donors (Lipinski definition) is 2. The molecular weight excluding hydrogens is 356 g/mol. The number of H-pyrrole nitrogens is 1. The van der Waals surface area contributed by atoms with Crippen LogP contribution in [0.15, 0.2) is 48.5 Å². The van der Waals surface area contributed by atoms with Gasteiger partial charge in [-0.3, -0.25) is 5.10 Å². The molecule has 1 fully saturated rings. The molecule has 0 amide bonds. The van der Waals surface area contributed by atoms with E-state index < -0.39 is 6.10 Å². The number of aromatic nitrogens is 3. The van der Waals surface area contributed by atoms with Crippen molar-refractivity contribution in [1.29, 1.82) is 0 Å². The lowest BCUT2D eigenvalue weighted by Gasteiger charge is -2.33. The molecular formula is C21H26N4O3. The number of ether oxygens (including phenoxy) is 2. The Morgan fingerprint density at radius 1 is 1.07 bits per heavy atom. The number of nitrogens with zero attached hydrogens (tertiary/aromatic N) is 3. The van der Waals surface area contributed by atoms with E-state index in [0.717, 1.165) is 43.8 Å². The zero-order valence-electron chi connectivity index (χ0n) is 15.8. The van der Waals surface area contributed by atoms with E-state index in [1.807, 2.05) is 48.5 Å². The molecule has 0 aliphatic carbocycles. The first-order valence-electron chi connectivity index (χ1n) is 9.79. The minimum absolute atomic E-state index is 0.239. The maximum Gasteiger partial charge on any atom is 0.154 e. The summed E-state index contributed by atoms with van der Waals surface area (Å²) in [6.07, 6.45) is 1.62. The summed E-state index contributed by atoms with van der Waals surface area (Å²) >= 11 is 0. The summed E-state index contributed by atoms with van der Waals surface area (Å²) in [5.41, 5.74) is 1.51. The molecule has 28 heavy (non-hydrogen) atoms. The van der Waals surface area contributed by atoms with Gasteiger partial charge in [0, 0.05) is 6.54 Å². The smallest absolute Gasteiger partial charge is 0.154 e. The summed E-state index contributed by atoms with van der Waals surface area (Å²) in [5.74, 6) is 2.14. The van der Waals surface area contributed by atoms with E-state index in [1.165, 1.54) is 0 Å². The summed E-state index contributed by atoms with van der Waals surface area (Å²) in [4.78, 5) is 2.30. The molecule has 0 radical (unpaired) electrons. The first-order chi connectivity index (χ1) is 13.8. The van der Waals surface area contributed by atoms with Crippen molar-refractivity contribution < 1.29 is 14.6 Å². The van der Waals surface area contributed by atoms with Gasteiger partial charge in [0.05, 0.1) is 12.1 Å². The fourth-order valence-corrected chi connectivity index (χ4v) is 3.56. The van der Waals surface area contributed by atoms with Gasteiger partial charge in [-0.15, -0.1) is 5.10 Å². The normalized spacial score (nSPS) is 16.9. The lowest BCUT2D eigenvalue weighted by Crippen LogP contribution is -2.41. The van der Waals surface area contributed by atoms with Gasteiger partial charge in [-0.05, 0) is 56.1 Å². The third-order valence-electron chi connectivity index (χ3n) is 5.16. The first kappa shape index (κ1) is 18.7. The van der Waals surface area contributed by atoms with Gasteiger partial charge in [-0.25, -0.2) is 0 Å².